The van der Waals surface area contributed by atoms with Crippen molar-refractivity contribution in [2.75, 3.05) is 0 Å². The van der Waals surface area contributed by atoms with E-state index in [4.69, 9.17) is 0 Å². The predicted molar refractivity (Wildman–Crippen MR) is 71.2 cm³/mol. The lowest BCUT2D eigenvalue weighted by molar-refractivity contribution is 0.459. The number of hydrogen-bond acceptors (Lipinski definition) is 0. The van der Waals surface area contributed by atoms with Crippen LogP contribution in [0.5, 0.6) is 0 Å². The van der Waals surface area contributed by atoms with Crippen LogP contribution in [0.1, 0.15) is 40.0 Å². The fraction of sp³-hybridized carbons (Fsp3) is 0.625. The fourth-order valence-electron chi connectivity index (χ4n) is 2.66. The first-order chi connectivity index (χ1) is 7.66. The van der Waals surface area contributed by atoms with E-state index in [1.54, 1.807) is 5.57 Å². The van der Waals surface area contributed by atoms with E-state index in [1.165, 1.54) is 19.3 Å². The van der Waals surface area contributed by atoms with Gasteiger partial charge in [-0.15, -0.1) is 0 Å². The Balaban J connectivity index is 1.98. The van der Waals surface area contributed by atoms with E-state index in [0.29, 0.717) is 5.92 Å². The zero-order valence-corrected chi connectivity index (χ0v) is 10.8. The summed E-state index contributed by atoms with van der Waals surface area (Å²) in [5, 5.41) is 0. The van der Waals surface area contributed by atoms with Gasteiger partial charge in [-0.25, -0.2) is 0 Å². The summed E-state index contributed by atoms with van der Waals surface area (Å²) in [6.45, 7) is 6.94. The molecule has 0 heterocycles. The van der Waals surface area contributed by atoms with Gasteiger partial charge >= 0.3 is 0 Å². The third-order valence-electron chi connectivity index (χ3n) is 4.05. The minimum Gasteiger partial charge on any atom is -0.0851 e. The maximum absolute atomic E-state index is 2.47. The first kappa shape index (κ1) is 11.7. The Labute approximate surface area is 100 Å². The quantitative estimate of drug-likeness (QED) is 0.584. The minimum absolute atomic E-state index is 0.695. The van der Waals surface area contributed by atoms with Crippen LogP contribution in [0.2, 0.25) is 0 Å². The summed E-state index contributed by atoms with van der Waals surface area (Å²) in [5.41, 5.74) is 1.56. The lowest BCUT2D eigenvalue weighted by Gasteiger charge is -2.25. The standard InChI is InChI=1S/C16H24/c1-12(2)14-8-10-16(11-9-14)15-6-4-13(3)5-7-15/h4,6,8,10-15H,5,7,9H2,1-3H3. The van der Waals surface area contributed by atoms with Crippen molar-refractivity contribution in [1.29, 1.82) is 0 Å². The Morgan fingerprint density at radius 1 is 1.12 bits per heavy atom. The smallest absolute Gasteiger partial charge is 0.00150 e. The van der Waals surface area contributed by atoms with Gasteiger partial charge in [0.25, 0.3) is 0 Å². The predicted octanol–water partition coefficient (Wildman–Crippen LogP) is 4.75. The largest absolute Gasteiger partial charge is 0.0851 e. The van der Waals surface area contributed by atoms with Crippen molar-refractivity contribution < 1.29 is 0 Å². The van der Waals surface area contributed by atoms with E-state index in [0.717, 1.165) is 17.8 Å². The van der Waals surface area contributed by atoms with Gasteiger partial charge in [0, 0.05) is 5.92 Å². The molecule has 3 unspecified atom stereocenters. The highest BCUT2D eigenvalue weighted by molar-refractivity contribution is 5.30. The molecule has 0 aromatic carbocycles. The Bertz CT molecular complexity index is 317. The molecule has 2 rings (SSSR count). The Morgan fingerprint density at radius 3 is 2.44 bits per heavy atom. The van der Waals surface area contributed by atoms with Crippen molar-refractivity contribution in [3.05, 3.63) is 36.0 Å². The zero-order valence-electron chi connectivity index (χ0n) is 10.8. The lowest BCUT2D eigenvalue weighted by atomic mass is 9.80. The van der Waals surface area contributed by atoms with Crippen LogP contribution in [0, 0.1) is 23.7 Å². The summed E-state index contributed by atoms with van der Waals surface area (Å²) in [7, 11) is 0. The molecule has 0 fully saturated rings. The second kappa shape index (κ2) is 5.03. The minimum atomic E-state index is 0.695. The molecule has 0 saturated carbocycles. The highest BCUT2D eigenvalue weighted by atomic mass is 14.2. The summed E-state index contributed by atoms with van der Waals surface area (Å²) in [6.07, 6.45) is 16.0. The highest BCUT2D eigenvalue weighted by Gasteiger charge is 2.18. The molecule has 0 bridgehead atoms. The molecule has 0 heteroatoms. The molecule has 0 aliphatic heterocycles. The molecule has 0 nitrogen and oxygen atoms in total. The summed E-state index contributed by atoms with van der Waals surface area (Å²) in [4.78, 5) is 0. The number of rotatable bonds is 2. The van der Waals surface area contributed by atoms with Gasteiger partial charge in [0.1, 0.15) is 0 Å². The third-order valence-corrected chi connectivity index (χ3v) is 4.05. The van der Waals surface area contributed by atoms with Gasteiger partial charge in [0.05, 0.1) is 0 Å². The second-order valence-electron chi connectivity index (χ2n) is 5.75. The SMILES string of the molecule is CC1C=CC(C2=CCC(C(C)C)C=C2)CC1. The van der Waals surface area contributed by atoms with Crippen LogP contribution in [-0.2, 0) is 0 Å². The van der Waals surface area contributed by atoms with E-state index in [2.05, 4.69) is 51.2 Å². The van der Waals surface area contributed by atoms with Crippen molar-refractivity contribution in [2.45, 2.75) is 40.0 Å². The molecule has 3 atom stereocenters. The molecule has 0 aromatic rings. The van der Waals surface area contributed by atoms with Gasteiger partial charge in [-0.3, -0.25) is 0 Å². The second-order valence-corrected chi connectivity index (χ2v) is 5.75. The van der Waals surface area contributed by atoms with Crippen LogP contribution < -0.4 is 0 Å². The molecule has 0 saturated heterocycles. The summed E-state index contributed by atoms with van der Waals surface area (Å²) >= 11 is 0. The number of hydrogen-bond donors (Lipinski definition) is 0. The van der Waals surface area contributed by atoms with Crippen LogP contribution in [-0.4, -0.2) is 0 Å². The van der Waals surface area contributed by atoms with Crippen molar-refractivity contribution >= 4 is 0 Å². The maximum Gasteiger partial charge on any atom is 0.00150 e. The van der Waals surface area contributed by atoms with Crippen LogP contribution >= 0.6 is 0 Å². The fourth-order valence-corrected chi connectivity index (χ4v) is 2.66. The molecule has 2 aliphatic rings. The molecule has 0 aromatic heterocycles. The molecule has 0 radical (unpaired) electrons. The van der Waals surface area contributed by atoms with Crippen LogP contribution in [0.3, 0.4) is 0 Å². The van der Waals surface area contributed by atoms with Crippen molar-refractivity contribution in [3.8, 4) is 0 Å². The van der Waals surface area contributed by atoms with Crippen LogP contribution in [0.4, 0.5) is 0 Å². The molecular formula is C16H24. The van der Waals surface area contributed by atoms with Gasteiger partial charge in [0.15, 0.2) is 0 Å². The van der Waals surface area contributed by atoms with Gasteiger partial charge in [-0.05, 0) is 42.6 Å². The molecule has 88 valence electrons. The zero-order chi connectivity index (χ0) is 11.5. The first-order valence-corrected chi connectivity index (χ1v) is 6.73. The summed E-state index contributed by atoms with van der Waals surface area (Å²) in [5.74, 6) is 3.01. The first-order valence-electron chi connectivity index (χ1n) is 6.73. The third kappa shape index (κ3) is 2.66. The molecule has 0 amide bonds. The highest BCUT2D eigenvalue weighted by Crippen LogP contribution is 2.32. The number of allylic oxidation sites excluding steroid dienone is 6. The topological polar surface area (TPSA) is 0 Å². The Hall–Kier alpha value is -0.780. The monoisotopic (exact) mass is 216 g/mol. The Morgan fingerprint density at radius 2 is 1.94 bits per heavy atom. The maximum atomic E-state index is 2.47. The average Bonchev–Trinajstić information content (AvgIpc) is 2.30. The van der Waals surface area contributed by atoms with Gasteiger partial charge in [-0.1, -0.05) is 51.2 Å². The van der Waals surface area contributed by atoms with E-state index in [1.807, 2.05) is 0 Å². The van der Waals surface area contributed by atoms with Crippen LogP contribution in [0.15, 0.2) is 36.0 Å². The Kier molecular flexibility index (Phi) is 3.68. The van der Waals surface area contributed by atoms with Gasteiger partial charge in [-0.2, -0.15) is 0 Å². The van der Waals surface area contributed by atoms with E-state index in [9.17, 15) is 0 Å². The molecule has 16 heavy (non-hydrogen) atoms. The van der Waals surface area contributed by atoms with E-state index >= 15 is 0 Å². The molecule has 0 spiro atoms. The summed E-state index contributed by atoms with van der Waals surface area (Å²) < 4.78 is 0. The summed E-state index contributed by atoms with van der Waals surface area (Å²) in [6, 6.07) is 0. The average molecular weight is 216 g/mol. The van der Waals surface area contributed by atoms with Gasteiger partial charge in [0.2, 0.25) is 0 Å². The molecule has 2 aliphatic carbocycles. The van der Waals surface area contributed by atoms with Crippen molar-refractivity contribution in [3.63, 3.8) is 0 Å². The molecular weight excluding hydrogens is 192 g/mol. The van der Waals surface area contributed by atoms with Crippen molar-refractivity contribution in [2.24, 2.45) is 23.7 Å². The van der Waals surface area contributed by atoms with Gasteiger partial charge < -0.3 is 0 Å². The molecule has 0 N–H and O–H groups in total. The van der Waals surface area contributed by atoms with Crippen LogP contribution in [0.25, 0.3) is 0 Å². The van der Waals surface area contributed by atoms with Crippen molar-refractivity contribution in [1.82, 2.24) is 0 Å². The lowest BCUT2D eigenvalue weighted by Crippen LogP contribution is -2.12. The normalized spacial score (nSPS) is 34.2. The van der Waals surface area contributed by atoms with E-state index < -0.39 is 0 Å². The van der Waals surface area contributed by atoms with E-state index in [-0.39, 0.29) is 0 Å².